The average Bonchev–Trinajstić information content (AvgIpc) is 2.80. The summed E-state index contributed by atoms with van der Waals surface area (Å²) < 4.78 is 0. The van der Waals surface area contributed by atoms with E-state index in [0.29, 0.717) is 30.5 Å². The lowest BCUT2D eigenvalue weighted by Gasteiger charge is -2.11. The van der Waals surface area contributed by atoms with E-state index >= 15 is 0 Å². The molecular formula is C15H13ClN3O2. The Morgan fingerprint density at radius 1 is 1.33 bits per heavy atom. The first-order valence-corrected chi connectivity index (χ1v) is 6.93. The summed E-state index contributed by atoms with van der Waals surface area (Å²) in [5.41, 5.74) is 6.92. The first-order valence-electron chi connectivity index (χ1n) is 6.56. The van der Waals surface area contributed by atoms with Crippen molar-refractivity contribution in [2.45, 2.75) is 12.8 Å². The van der Waals surface area contributed by atoms with Gasteiger partial charge in [0.25, 0.3) is 0 Å². The van der Waals surface area contributed by atoms with Gasteiger partial charge in [0.15, 0.2) is 0 Å². The zero-order valence-electron chi connectivity index (χ0n) is 11.2. The molecule has 0 saturated carbocycles. The molecule has 21 heavy (non-hydrogen) atoms. The standard InChI is InChI=1S/C15H13ClN3O2/c16-13-4-3-10-2-1-9(8-12(10)18-13)7-11-5-6-19(14(11)20)15(17)21/h1-4,8H,5-7H2,(H2,17,21). The molecule has 0 spiro atoms. The van der Waals surface area contributed by atoms with Gasteiger partial charge in [-0.2, -0.15) is 0 Å². The molecule has 1 saturated heterocycles. The van der Waals surface area contributed by atoms with Gasteiger partial charge in [0.1, 0.15) is 5.15 Å². The number of carbonyl (C=O) groups is 2. The lowest BCUT2D eigenvalue weighted by Crippen LogP contribution is -2.37. The number of nitrogens with zero attached hydrogens (tertiary/aromatic N) is 2. The monoisotopic (exact) mass is 302 g/mol. The number of fused-ring (bicyclic) bond motifs is 1. The molecule has 1 aromatic heterocycles. The van der Waals surface area contributed by atoms with Crippen molar-refractivity contribution in [1.29, 1.82) is 0 Å². The Bertz CT molecular complexity index is 732. The second kappa shape index (κ2) is 5.33. The Morgan fingerprint density at radius 3 is 2.81 bits per heavy atom. The van der Waals surface area contributed by atoms with Crippen LogP contribution < -0.4 is 5.73 Å². The lowest BCUT2D eigenvalue weighted by atomic mass is 9.97. The topological polar surface area (TPSA) is 76.3 Å². The summed E-state index contributed by atoms with van der Waals surface area (Å²) >= 11 is 5.89. The van der Waals surface area contributed by atoms with E-state index in [4.69, 9.17) is 17.3 Å². The number of hydrogen-bond acceptors (Lipinski definition) is 3. The van der Waals surface area contributed by atoms with Gasteiger partial charge >= 0.3 is 6.03 Å². The van der Waals surface area contributed by atoms with Crippen molar-refractivity contribution in [3.05, 3.63) is 47.0 Å². The van der Waals surface area contributed by atoms with Crippen LogP contribution >= 0.6 is 11.6 Å². The van der Waals surface area contributed by atoms with Gasteiger partial charge in [0, 0.05) is 11.9 Å². The molecule has 1 aliphatic rings. The number of halogens is 1. The highest BCUT2D eigenvalue weighted by Gasteiger charge is 2.35. The molecule has 1 aliphatic heterocycles. The van der Waals surface area contributed by atoms with Crippen molar-refractivity contribution in [2.75, 3.05) is 6.54 Å². The summed E-state index contributed by atoms with van der Waals surface area (Å²) in [6, 6.07) is 8.75. The lowest BCUT2D eigenvalue weighted by molar-refractivity contribution is -0.123. The molecule has 0 unspecified atom stereocenters. The van der Waals surface area contributed by atoms with Crippen LogP contribution in [0, 0.1) is 5.92 Å². The van der Waals surface area contributed by atoms with E-state index in [1.165, 1.54) is 0 Å². The summed E-state index contributed by atoms with van der Waals surface area (Å²) in [7, 11) is 0. The molecule has 1 aromatic carbocycles. The molecular weight excluding hydrogens is 290 g/mol. The molecule has 107 valence electrons. The molecule has 0 aliphatic carbocycles. The number of amides is 3. The minimum atomic E-state index is -0.693. The highest BCUT2D eigenvalue weighted by molar-refractivity contribution is 6.29. The van der Waals surface area contributed by atoms with Crippen molar-refractivity contribution >= 4 is 34.4 Å². The van der Waals surface area contributed by atoms with E-state index in [-0.39, 0.29) is 5.91 Å². The van der Waals surface area contributed by atoms with Crippen molar-refractivity contribution in [3.8, 4) is 0 Å². The van der Waals surface area contributed by atoms with Crippen LogP contribution in [0.2, 0.25) is 5.15 Å². The van der Waals surface area contributed by atoms with Gasteiger partial charge in [0.05, 0.1) is 11.4 Å². The van der Waals surface area contributed by atoms with E-state index in [2.05, 4.69) is 4.98 Å². The van der Waals surface area contributed by atoms with Crippen LogP contribution in [-0.2, 0) is 11.2 Å². The summed E-state index contributed by atoms with van der Waals surface area (Å²) in [4.78, 5) is 28.5. The molecule has 5 nitrogen and oxygen atoms in total. The second-order valence-corrected chi connectivity index (χ2v) is 5.37. The number of primary amides is 1. The number of carbonyl (C=O) groups excluding carboxylic acids is 2. The number of imide groups is 1. The molecule has 1 fully saturated rings. The normalized spacial score (nSPS) is 15.9. The molecule has 0 bridgehead atoms. The highest BCUT2D eigenvalue weighted by Crippen LogP contribution is 2.26. The fourth-order valence-electron chi connectivity index (χ4n) is 2.51. The minimum absolute atomic E-state index is 0.276. The van der Waals surface area contributed by atoms with E-state index in [1.54, 1.807) is 6.07 Å². The van der Waals surface area contributed by atoms with E-state index in [9.17, 15) is 9.59 Å². The van der Waals surface area contributed by atoms with E-state index in [1.807, 2.05) is 24.3 Å². The molecule has 3 amide bonds. The second-order valence-electron chi connectivity index (χ2n) is 4.99. The molecule has 2 aromatic rings. The number of benzene rings is 1. The summed E-state index contributed by atoms with van der Waals surface area (Å²) in [5, 5.41) is 1.42. The van der Waals surface area contributed by atoms with Gasteiger partial charge in [0.2, 0.25) is 5.91 Å². The van der Waals surface area contributed by atoms with Crippen LogP contribution in [0.1, 0.15) is 12.0 Å². The van der Waals surface area contributed by atoms with Gasteiger partial charge in [-0.1, -0.05) is 23.7 Å². The summed E-state index contributed by atoms with van der Waals surface area (Å²) in [5.74, 6) is 0.414. The Morgan fingerprint density at radius 2 is 2.10 bits per heavy atom. The van der Waals surface area contributed by atoms with Crippen LogP contribution in [0.4, 0.5) is 4.79 Å². The fourth-order valence-corrected chi connectivity index (χ4v) is 2.67. The Kier molecular flexibility index (Phi) is 3.51. The number of rotatable bonds is 2. The van der Waals surface area contributed by atoms with Crippen LogP contribution in [0.15, 0.2) is 30.3 Å². The van der Waals surface area contributed by atoms with Gasteiger partial charge in [-0.25, -0.2) is 9.78 Å². The molecule has 1 radical (unpaired) electrons. The molecule has 2 N–H and O–H groups in total. The molecule has 2 heterocycles. The van der Waals surface area contributed by atoms with Gasteiger partial charge < -0.3 is 5.73 Å². The predicted molar refractivity (Wildman–Crippen MR) is 79.6 cm³/mol. The van der Waals surface area contributed by atoms with Gasteiger partial charge in [-0.05, 0) is 36.6 Å². The van der Waals surface area contributed by atoms with Gasteiger partial charge in [-0.3, -0.25) is 9.69 Å². The van der Waals surface area contributed by atoms with Crippen LogP contribution in [0.3, 0.4) is 0 Å². The first kappa shape index (κ1) is 13.8. The van der Waals surface area contributed by atoms with Crippen molar-refractivity contribution in [3.63, 3.8) is 0 Å². The number of hydrogen-bond donors (Lipinski definition) is 1. The largest absolute Gasteiger partial charge is 0.351 e. The maximum absolute atomic E-state index is 12.0. The Hall–Kier alpha value is -2.14. The number of pyridine rings is 1. The molecule has 0 atom stereocenters. The third-order valence-corrected chi connectivity index (χ3v) is 3.80. The number of likely N-dealkylation sites (tertiary alicyclic amines) is 1. The van der Waals surface area contributed by atoms with Crippen LogP contribution in [0.25, 0.3) is 10.9 Å². The first-order chi connectivity index (χ1) is 10.0. The molecule has 3 rings (SSSR count). The third kappa shape index (κ3) is 2.69. The average molecular weight is 303 g/mol. The smallest absolute Gasteiger partial charge is 0.321 e. The zero-order valence-corrected chi connectivity index (χ0v) is 11.9. The number of nitrogens with two attached hydrogens (primary N) is 1. The van der Waals surface area contributed by atoms with Gasteiger partial charge in [-0.15, -0.1) is 0 Å². The zero-order chi connectivity index (χ0) is 15.0. The third-order valence-electron chi connectivity index (χ3n) is 3.59. The Balaban J connectivity index is 1.82. The fraction of sp³-hybridized carbons (Fsp3) is 0.200. The van der Waals surface area contributed by atoms with Crippen molar-refractivity contribution in [1.82, 2.24) is 9.88 Å². The minimum Gasteiger partial charge on any atom is -0.351 e. The summed E-state index contributed by atoms with van der Waals surface area (Å²) in [6.45, 7) is 0.362. The van der Waals surface area contributed by atoms with E-state index < -0.39 is 6.03 Å². The van der Waals surface area contributed by atoms with Crippen molar-refractivity contribution in [2.24, 2.45) is 5.73 Å². The van der Waals surface area contributed by atoms with E-state index in [0.717, 1.165) is 21.4 Å². The SMILES string of the molecule is NC(=O)N1CC[C](Cc2ccc3ccc(Cl)nc3c2)C1=O. The van der Waals surface area contributed by atoms with Crippen molar-refractivity contribution < 1.29 is 9.59 Å². The maximum atomic E-state index is 12.0. The number of urea groups is 1. The predicted octanol–water partition coefficient (Wildman–Crippen LogP) is 2.32. The Labute approximate surface area is 126 Å². The maximum Gasteiger partial charge on any atom is 0.321 e. The van der Waals surface area contributed by atoms with Crippen LogP contribution in [0.5, 0.6) is 0 Å². The number of aromatic nitrogens is 1. The summed E-state index contributed by atoms with van der Waals surface area (Å²) in [6.07, 6.45) is 1.05. The van der Waals surface area contributed by atoms with Crippen LogP contribution in [-0.4, -0.2) is 28.4 Å². The quantitative estimate of drug-likeness (QED) is 0.865. The molecule has 6 heteroatoms. The highest BCUT2D eigenvalue weighted by atomic mass is 35.5.